The molecule has 0 bridgehead atoms. The van der Waals surface area contributed by atoms with E-state index in [-0.39, 0.29) is 23.2 Å². The van der Waals surface area contributed by atoms with Crippen LogP contribution in [0.15, 0.2) is 53.1 Å². The molecule has 40 heavy (non-hydrogen) atoms. The fourth-order valence-electron chi connectivity index (χ4n) is 4.89. The van der Waals surface area contributed by atoms with Crippen molar-refractivity contribution in [2.24, 2.45) is 0 Å². The number of nitrogens with one attached hydrogen (secondary N) is 1. The van der Waals surface area contributed by atoms with Crippen LogP contribution in [0.1, 0.15) is 26.2 Å². The van der Waals surface area contributed by atoms with E-state index in [2.05, 4.69) is 20.4 Å². The summed E-state index contributed by atoms with van der Waals surface area (Å²) in [4.78, 5) is 33.4. The van der Waals surface area contributed by atoms with Crippen molar-refractivity contribution in [3.8, 4) is 28.6 Å². The number of amides is 2. The van der Waals surface area contributed by atoms with Crippen LogP contribution in [0.25, 0.3) is 22.8 Å². The summed E-state index contributed by atoms with van der Waals surface area (Å²) in [6.45, 7) is 6.26. The van der Waals surface area contributed by atoms with Gasteiger partial charge in [-0.05, 0) is 50.5 Å². The number of carbonyl (C=O) groups is 2. The number of hydrogen-bond acceptors (Lipinski definition) is 8. The number of hydrogen-bond donors (Lipinski definition) is 1. The lowest BCUT2D eigenvalue weighted by atomic mass is 10.2. The molecule has 2 fully saturated rings. The van der Waals surface area contributed by atoms with Crippen molar-refractivity contribution in [3.63, 3.8) is 0 Å². The number of ether oxygens (including phenoxy) is 2. The largest absolute Gasteiger partial charge is 0.493 e. The molecule has 0 unspecified atom stereocenters. The molecular formula is C29H34FN5O5. The van der Waals surface area contributed by atoms with Crippen LogP contribution >= 0.6 is 0 Å². The van der Waals surface area contributed by atoms with Crippen molar-refractivity contribution < 1.29 is 28.0 Å². The highest BCUT2D eigenvalue weighted by molar-refractivity contribution is 5.89. The first-order valence-corrected chi connectivity index (χ1v) is 13.7. The Hall–Kier alpha value is -3.83. The molecule has 1 N–H and O–H groups in total. The Morgan fingerprint density at radius 1 is 1.15 bits per heavy atom. The van der Waals surface area contributed by atoms with Crippen molar-refractivity contribution in [2.75, 3.05) is 45.9 Å². The van der Waals surface area contributed by atoms with E-state index in [1.165, 1.54) is 6.07 Å². The summed E-state index contributed by atoms with van der Waals surface area (Å²) in [5, 5.41) is 6.70. The minimum Gasteiger partial charge on any atom is -0.493 e. The molecule has 0 aliphatic carbocycles. The van der Waals surface area contributed by atoms with E-state index in [4.69, 9.17) is 14.0 Å². The van der Waals surface area contributed by atoms with Gasteiger partial charge in [-0.2, -0.15) is 4.98 Å². The molecule has 11 heteroatoms. The van der Waals surface area contributed by atoms with E-state index in [9.17, 15) is 14.0 Å². The third kappa shape index (κ3) is 6.83. The molecule has 5 rings (SSSR count). The zero-order valence-corrected chi connectivity index (χ0v) is 22.6. The highest BCUT2D eigenvalue weighted by atomic mass is 19.1. The molecular weight excluding hydrogens is 517 g/mol. The maximum Gasteiger partial charge on any atom is 0.258 e. The van der Waals surface area contributed by atoms with Gasteiger partial charge in [0, 0.05) is 51.0 Å². The van der Waals surface area contributed by atoms with Crippen molar-refractivity contribution in [1.29, 1.82) is 0 Å². The summed E-state index contributed by atoms with van der Waals surface area (Å²) in [5.74, 6) is 0.175. The number of nitrogens with zero attached hydrogens (tertiary/aromatic N) is 4. The van der Waals surface area contributed by atoms with Gasteiger partial charge < -0.3 is 24.2 Å². The first-order chi connectivity index (χ1) is 19.5. The van der Waals surface area contributed by atoms with E-state index in [0.717, 1.165) is 38.0 Å². The van der Waals surface area contributed by atoms with Gasteiger partial charge in [0.2, 0.25) is 17.6 Å². The van der Waals surface area contributed by atoms with Gasteiger partial charge >= 0.3 is 0 Å². The first-order valence-electron chi connectivity index (χ1n) is 13.7. The lowest BCUT2D eigenvalue weighted by Crippen LogP contribution is -2.55. The second-order valence-electron chi connectivity index (χ2n) is 10.0. The summed E-state index contributed by atoms with van der Waals surface area (Å²) >= 11 is 0. The van der Waals surface area contributed by atoms with Crippen LogP contribution in [0.5, 0.6) is 5.75 Å². The molecule has 2 saturated heterocycles. The SMILES string of the molecule is C[C@@H](NC(=O)[C@@H]1CCCO1)C(=O)N1CCN(CCCOc2ccc(-c3noc(-c4ccccc4)n3)c(F)c2)CC1. The van der Waals surface area contributed by atoms with Crippen molar-refractivity contribution in [1.82, 2.24) is 25.3 Å². The second kappa shape index (κ2) is 13.0. The van der Waals surface area contributed by atoms with Crippen molar-refractivity contribution in [2.45, 2.75) is 38.3 Å². The van der Waals surface area contributed by atoms with Gasteiger partial charge in [-0.25, -0.2) is 4.39 Å². The quantitative estimate of drug-likeness (QED) is 0.383. The van der Waals surface area contributed by atoms with Gasteiger partial charge in [0.1, 0.15) is 23.7 Å². The number of rotatable bonds is 10. The molecule has 2 aliphatic heterocycles. The normalized spacial score (nSPS) is 18.4. The second-order valence-corrected chi connectivity index (χ2v) is 10.0. The molecule has 0 radical (unpaired) electrons. The van der Waals surface area contributed by atoms with E-state index < -0.39 is 18.0 Å². The van der Waals surface area contributed by atoms with Crippen LogP contribution in [-0.2, 0) is 14.3 Å². The number of piperazine rings is 1. The predicted molar refractivity (Wildman–Crippen MR) is 145 cm³/mol. The Bertz CT molecular complexity index is 1290. The number of aromatic nitrogens is 2. The van der Waals surface area contributed by atoms with Gasteiger partial charge in [-0.3, -0.25) is 14.5 Å². The molecule has 0 spiro atoms. The Balaban J connectivity index is 1.02. The maximum absolute atomic E-state index is 14.8. The third-order valence-electron chi connectivity index (χ3n) is 7.15. The fraction of sp³-hybridized carbons (Fsp3) is 0.448. The van der Waals surface area contributed by atoms with E-state index in [1.54, 1.807) is 24.0 Å². The molecule has 1 aromatic heterocycles. The Morgan fingerprint density at radius 3 is 2.67 bits per heavy atom. The summed E-state index contributed by atoms with van der Waals surface area (Å²) in [7, 11) is 0. The fourth-order valence-corrected chi connectivity index (χ4v) is 4.89. The Labute approximate surface area is 232 Å². The summed E-state index contributed by atoms with van der Waals surface area (Å²) in [5.41, 5.74) is 1.01. The van der Waals surface area contributed by atoms with Gasteiger partial charge in [0.05, 0.1) is 12.2 Å². The Morgan fingerprint density at radius 2 is 1.95 bits per heavy atom. The lowest BCUT2D eigenvalue weighted by Gasteiger charge is -2.36. The van der Waals surface area contributed by atoms with Crippen LogP contribution in [-0.4, -0.2) is 89.8 Å². The predicted octanol–water partition coefficient (Wildman–Crippen LogP) is 3.14. The Kier molecular flexibility index (Phi) is 9.02. The summed E-state index contributed by atoms with van der Waals surface area (Å²) < 4.78 is 31.2. The van der Waals surface area contributed by atoms with Crippen LogP contribution in [0.4, 0.5) is 4.39 Å². The summed E-state index contributed by atoms with van der Waals surface area (Å²) in [6.07, 6.45) is 1.89. The average molecular weight is 552 g/mol. The van der Waals surface area contributed by atoms with Crippen molar-refractivity contribution >= 4 is 11.8 Å². The first kappa shape index (κ1) is 27.7. The molecule has 10 nitrogen and oxygen atoms in total. The maximum atomic E-state index is 14.8. The van der Waals surface area contributed by atoms with Crippen LogP contribution in [0.3, 0.4) is 0 Å². The molecule has 2 aromatic carbocycles. The minimum atomic E-state index is -0.575. The van der Waals surface area contributed by atoms with E-state index in [0.29, 0.717) is 44.4 Å². The molecule has 2 amide bonds. The van der Waals surface area contributed by atoms with Crippen LogP contribution < -0.4 is 10.1 Å². The summed E-state index contributed by atoms with van der Waals surface area (Å²) in [6, 6.07) is 13.4. The average Bonchev–Trinajstić information content (AvgIpc) is 3.69. The number of halogens is 1. The number of carbonyl (C=O) groups excluding carboxylic acids is 2. The van der Waals surface area contributed by atoms with Gasteiger partial charge in [0.15, 0.2) is 0 Å². The molecule has 3 heterocycles. The van der Waals surface area contributed by atoms with E-state index in [1.807, 2.05) is 30.3 Å². The minimum absolute atomic E-state index is 0.0723. The molecule has 2 aliphatic rings. The highest BCUT2D eigenvalue weighted by Gasteiger charge is 2.29. The van der Waals surface area contributed by atoms with Crippen LogP contribution in [0.2, 0.25) is 0 Å². The molecule has 3 aromatic rings. The monoisotopic (exact) mass is 551 g/mol. The van der Waals surface area contributed by atoms with Gasteiger partial charge in [-0.15, -0.1) is 0 Å². The topological polar surface area (TPSA) is 110 Å². The zero-order valence-electron chi connectivity index (χ0n) is 22.6. The third-order valence-corrected chi connectivity index (χ3v) is 7.15. The molecule has 212 valence electrons. The highest BCUT2D eigenvalue weighted by Crippen LogP contribution is 2.27. The van der Waals surface area contributed by atoms with Gasteiger partial charge in [-0.1, -0.05) is 23.4 Å². The smallest absolute Gasteiger partial charge is 0.258 e. The molecule has 0 saturated carbocycles. The standard InChI is InChI=1S/C29H34FN5O5/c1-20(31-27(36)25-9-5-17-39-25)29(37)35-15-13-34(14-16-35)12-6-18-38-22-10-11-23(24(30)19-22)26-32-28(40-33-26)21-7-3-2-4-8-21/h2-4,7-8,10-11,19-20,25H,5-6,9,12-18H2,1H3,(H,31,36)/t20-,25+/m1/s1. The number of benzene rings is 2. The van der Waals surface area contributed by atoms with E-state index >= 15 is 0 Å². The lowest BCUT2D eigenvalue weighted by molar-refractivity contribution is -0.139. The van der Waals surface area contributed by atoms with Crippen LogP contribution in [0, 0.1) is 5.82 Å². The molecule has 2 atom stereocenters. The zero-order chi connectivity index (χ0) is 27.9. The van der Waals surface area contributed by atoms with Gasteiger partial charge in [0.25, 0.3) is 5.89 Å². The van der Waals surface area contributed by atoms with Crippen molar-refractivity contribution in [3.05, 3.63) is 54.3 Å².